The molecule has 2 aliphatic rings. The first-order valence-electron chi connectivity index (χ1n) is 13.7. The number of aromatic nitrogens is 2. The van der Waals surface area contributed by atoms with Gasteiger partial charge in [0.2, 0.25) is 5.91 Å². The molecular formula is C30H34ClF3N4O. The Hall–Kier alpha value is -3.00. The van der Waals surface area contributed by atoms with Gasteiger partial charge in [-0.2, -0.15) is 18.3 Å². The van der Waals surface area contributed by atoms with Crippen molar-refractivity contribution in [2.75, 3.05) is 31.1 Å². The van der Waals surface area contributed by atoms with E-state index in [-0.39, 0.29) is 17.5 Å². The molecule has 0 radical (unpaired) electrons. The number of rotatable bonds is 5. The van der Waals surface area contributed by atoms with Gasteiger partial charge >= 0.3 is 6.18 Å². The first-order valence-corrected chi connectivity index (χ1v) is 14.1. The summed E-state index contributed by atoms with van der Waals surface area (Å²) in [5, 5.41) is 4.72. The number of benzene rings is 2. The number of halogens is 4. The highest BCUT2D eigenvalue weighted by Crippen LogP contribution is 2.39. The SMILES string of the molecule is CCC(=O)N1CCC(c2ccc(-c3ccc(Cl)cc3N3CCCC(n4ncc(C)c4C(F)(F)F)C3)cc2)CC1. The van der Waals surface area contributed by atoms with Crippen molar-refractivity contribution >= 4 is 23.2 Å². The van der Waals surface area contributed by atoms with Crippen LogP contribution in [0.25, 0.3) is 11.1 Å². The highest BCUT2D eigenvalue weighted by Gasteiger charge is 2.39. The summed E-state index contributed by atoms with van der Waals surface area (Å²) in [5.41, 5.74) is 3.71. The molecule has 0 spiro atoms. The number of nitrogens with zero attached hydrogens (tertiary/aromatic N) is 4. The number of hydrogen-bond acceptors (Lipinski definition) is 3. The van der Waals surface area contributed by atoms with E-state index in [0.717, 1.165) is 55.7 Å². The van der Waals surface area contributed by atoms with Crippen LogP contribution < -0.4 is 4.90 Å². The molecule has 1 unspecified atom stereocenters. The minimum atomic E-state index is -4.45. The molecule has 5 rings (SSSR count). The van der Waals surface area contributed by atoms with Crippen LogP contribution in [-0.4, -0.2) is 46.8 Å². The molecule has 2 fully saturated rings. The van der Waals surface area contributed by atoms with E-state index in [0.29, 0.717) is 30.3 Å². The third-order valence-electron chi connectivity index (χ3n) is 8.13. The number of carbonyl (C=O) groups is 1. The first-order chi connectivity index (χ1) is 18.7. The smallest absolute Gasteiger partial charge is 0.369 e. The fourth-order valence-corrected chi connectivity index (χ4v) is 6.25. The molecule has 3 heterocycles. The molecule has 1 aromatic heterocycles. The molecule has 2 saturated heterocycles. The fraction of sp³-hybridized carbons (Fsp3) is 0.467. The molecule has 208 valence electrons. The zero-order valence-electron chi connectivity index (χ0n) is 22.3. The molecule has 3 aromatic rings. The van der Waals surface area contributed by atoms with Crippen LogP contribution in [0.3, 0.4) is 0 Å². The van der Waals surface area contributed by atoms with Crippen LogP contribution in [0.4, 0.5) is 18.9 Å². The van der Waals surface area contributed by atoms with Crippen molar-refractivity contribution in [1.29, 1.82) is 0 Å². The molecule has 2 aromatic carbocycles. The van der Waals surface area contributed by atoms with Crippen molar-refractivity contribution in [2.45, 2.75) is 64.1 Å². The lowest BCUT2D eigenvalue weighted by Gasteiger charge is -2.36. The summed E-state index contributed by atoms with van der Waals surface area (Å²) in [6, 6.07) is 13.9. The average molecular weight is 559 g/mol. The van der Waals surface area contributed by atoms with Crippen molar-refractivity contribution in [3.05, 3.63) is 70.5 Å². The van der Waals surface area contributed by atoms with Crippen LogP contribution in [0.15, 0.2) is 48.7 Å². The maximum atomic E-state index is 13.8. The second-order valence-corrected chi connectivity index (χ2v) is 11.1. The van der Waals surface area contributed by atoms with Gasteiger partial charge in [-0.3, -0.25) is 9.48 Å². The van der Waals surface area contributed by atoms with Gasteiger partial charge in [0.1, 0.15) is 5.69 Å². The molecule has 39 heavy (non-hydrogen) atoms. The van der Waals surface area contributed by atoms with Crippen molar-refractivity contribution < 1.29 is 18.0 Å². The van der Waals surface area contributed by atoms with Gasteiger partial charge in [-0.25, -0.2) is 0 Å². The minimum Gasteiger partial charge on any atom is -0.369 e. The Kier molecular flexibility index (Phi) is 7.94. The zero-order valence-corrected chi connectivity index (χ0v) is 23.1. The van der Waals surface area contributed by atoms with Crippen molar-refractivity contribution in [1.82, 2.24) is 14.7 Å². The minimum absolute atomic E-state index is 0.144. The molecule has 1 amide bonds. The molecule has 0 bridgehead atoms. The van der Waals surface area contributed by atoms with E-state index < -0.39 is 11.9 Å². The van der Waals surface area contributed by atoms with Crippen LogP contribution in [0.5, 0.6) is 0 Å². The van der Waals surface area contributed by atoms with E-state index >= 15 is 0 Å². The van der Waals surface area contributed by atoms with Crippen LogP contribution in [0.2, 0.25) is 5.02 Å². The highest BCUT2D eigenvalue weighted by molar-refractivity contribution is 6.31. The number of hydrogen-bond donors (Lipinski definition) is 0. The highest BCUT2D eigenvalue weighted by atomic mass is 35.5. The topological polar surface area (TPSA) is 41.4 Å². The van der Waals surface area contributed by atoms with Gasteiger partial charge in [0.25, 0.3) is 0 Å². The number of piperidine rings is 2. The van der Waals surface area contributed by atoms with Crippen LogP contribution in [0.1, 0.15) is 67.8 Å². The lowest BCUT2D eigenvalue weighted by molar-refractivity contribution is -0.145. The molecular weight excluding hydrogens is 525 g/mol. The Balaban J connectivity index is 1.37. The van der Waals surface area contributed by atoms with Crippen LogP contribution in [-0.2, 0) is 11.0 Å². The normalized spacial score (nSPS) is 19.0. The van der Waals surface area contributed by atoms with Crippen LogP contribution in [0, 0.1) is 6.92 Å². The maximum Gasteiger partial charge on any atom is 0.433 e. The van der Waals surface area contributed by atoms with E-state index in [1.165, 1.54) is 23.4 Å². The standard InChI is InChI=1S/C30H34ClF3N4O/c1-3-28(39)36-15-12-22(13-16-36)21-6-8-23(9-7-21)26-11-10-24(31)17-27(26)37-14-4-5-25(19-37)38-29(30(32,33)34)20(2)18-35-38/h6-11,17-18,22,25H,3-5,12-16,19H2,1-2H3. The quantitative estimate of drug-likeness (QED) is 0.326. The lowest BCUT2D eigenvalue weighted by Crippen LogP contribution is -2.38. The van der Waals surface area contributed by atoms with Gasteiger partial charge in [-0.15, -0.1) is 0 Å². The largest absolute Gasteiger partial charge is 0.433 e. The monoisotopic (exact) mass is 558 g/mol. The van der Waals surface area contributed by atoms with E-state index in [1.54, 1.807) is 0 Å². The Morgan fingerprint density at radius 1 is 1.05 bits per heavy atom. The Morgan fingerprint density at radius 2 is 1.77 bits per heavy atom. The average Bonchev–Trinajstić information content (AvgIpc) is 3.35. The summed E-state index contributed by atoms with van der Waals surface area (Å²) in [5.74, 6) is 0.643. The second-order valence-electron chi connectivity index (χ2n) is 10.7. The van der Waals surface area contributed by atoms with Gasteiger partial charge < -0.3 is 9.80 Å². The summed E-state index contributed by atoms with van der Waals surface area (Å²) >= 11 is 6.42. The van der Waals surface area contributed by atoms with Gasteiger partial charge in [0, 0.05) is 48.9 Å². The van der Waals surface area contributed by atoms with E-state index in [1.807, 2.05) is 30.0 Å². The number of likely N-dealkylation sites (tertiary alicyclic amines) is 1. The van der Waals surface area contributed by atoms with Crippen LogP contribution >= 0.6 is 11.6 Å². The van der Waals surface area contributed by atoms with E-state index in [4.69, 9.17) is 11.6 Å². The molecule has 2 aliphatic heterocycles. The van der Waals surface area contributed by atoms with Gasteiger partial charge in [-0.1, -0.05) is 48.9 Å². The first kappa shape index (κ1) is 27.6. The fourth-order valence-electron chi connectivity index (χ4n) is 6.08. The molecule has 9 heteroatoms. The van der Waals surface area contributed by atoms with E-state index in [2.05, 4.69) is 34.3 Å². The molecule has 0 aliphatic carbocycles. The predicted molar refractivity (Wildman–Crippen MR) is 148 cm³/mol. The summed E-state index contributed by atoms with van der Waals surface area (Å²) in [4.78, 5) is 16.1. The van der Waals surface area contributed by atoms with Crippen molar-refractivity contribution in [3.63, 3.8) is 0 Å². The Morgan fingerprint density at radius 3 is 2.44 bits per heavy atom. The summed E-state index contributed by atoms with van der Waals surface area (Å²) in [6.07, 6.45) is 0.705. The molecule has 1 atom stereocenters. The van der Waals surface area contributed by atoms with Gasteiger partial charge in [0.15, 0.2) is 0 Å². The van der Waals surface area contributed by atoms with Gasteiger partial charge in [-0.05, 0) is 67.3 Å². The Labute approximate surface area is 232 Å². The lowest BCUT2D eigenvalue weighted by atomic mass is 9.88. The second kappa shape index (κ2) is 11.2. The third-order valence-corrected chi connectivity index (χ3v) is 8.37. The maximum absolute atomic E-state index is 13.8. The number of anilines is 1. The van der Waals surface area contributed by atoms with Crippen molar-refractivity contribution in [3.8, 4) is 11.1 Å². The molecule has 5 nitrogen and oxygen atoms in total. The third kappa shape index (κ3) is 5.81. The summed E-state index contributed by atoms with van der Waals surface area (Å²) < 4.78 is 42.5. The number of alkyl halides is 3. The van der Waals surface area contributed by atoms with Crippen molar-refractivity contribution in [2.24, 2.45) is 0 Å². The number of amides is 1. The predicted octanol–water partition coefficient (Wildman–Crippen LogP) is 7.49. The Bertz CT molecular complexity index is 1310. The summed E-state index contributed by atoms with van der Waals surface area (Å²) in [6.45, 7) is 6.11. The summed E-state index contributed by atoms with van der Waals surface area (Å²) in [7, 11) is 0. The van der Waals surface area contributed by atoms with Gasteiger partial charge in [0.05, 0.1) is 12.2 Å². The van der Waals surface area contributed by atoms with E-state index in [9.17, 15) is 18.0 Å². The number of carbonyl (C=O) groups excluding carboxylic acids is 1. The molecule has 0 N–H and O–H groups in total. The molecule has 0 saturated carbocycles. The number of aryl methyl sites for hydroxylation is 1. The zero-order chi connectivity index (χ0) is 27.7.